The summed E-state index contributed by atoms with van der Waals surface area (Å²) in [5.41, 5.74) is 1.13. The number of nitrogens with one attached hydrogen (secondary N) is 1. The number of benzene rings is 2. The van der Waals surface area contributed by atoms with Crippen molar-refractivity contribution < 1.29 is 13.2 Å². The third-order valence-corrected chi connectivity index (χ3v) is 4.34. The molecule has 0 bridgehead atoms. The molecule has 1 heterocycles. The fourth-order valence-electron chi connectivity index (χ4n) is 1.92. The van der Waals surface area contributed by atoms with Crippen LogP contribution in [-0.2, 0) is 12.3 Å². The van der Waals surface area contributed by atoms with E-state index in [1.54, 1.807) is 24.3 Å². The molecule has 0 aliphatic carbocycles. The van der Waals surface area contributed by atoms with Crippen LogP contribution in [0.5, 0.6) is 0 Å². The van der Waals surface area contributed by atoms with E-state index in [0.717, 1.165) is 5.69 Å². The molecule has 0 unspecified atom stereocenters. The molecule has 24 heavy (non-hydrogen) atoms. The fraction of sp³-hybridized carbons (Fsp3) is 0.125. The Morgan fingerprint density at radius 1 is 1.08 bits per heavy atom. The lowest BCUT2D eigenvalue weighted by Gasteiger charge is -2.03. The van der Waals surface area contributed by atoms with Crippen LogP contribution in [0.2, 0.25) is 5.02 Å². The van der Waals surface area contributed by atoms with Crippen LogP contribution in [0, 0.1) is 11.6 Å². The lowest BCUT2D eigenvalue weighted by Crippen LogP contribution is -1.99. The predicted molar refractivity (Wildman–Crippen MR) is 89.0 cm³/mol. The highest BCUT2D eigenvalue weighted by Crippen LogP contribution is 2.27. The first-order chi connectivity index (χ1) is 11.6. The number of aromatic nitrogens is 2. The van der Waals surface area contributed by atoms with E-state index in [1.165, 1.54) is 30.0 Å². The zero-order valence-electron chi connectivity index (χ0n) is 12.3. The van der Waals surface area contributed by atoms with Gasteiger partial charge in [0, 0.05) is 22.0 Å². The Bertz CT molecular complexity index is 806. The standard InChI is InChI=1S/C16H12ClF2N3OS/c17-13-2-1-3-14(19)12(13)9-24-16-22-21-15(23-16)8-20-11-6-4-10(18)5-7-11/h1-7,20H,8-9H2. The SMILES string of the molecule is Fc1ccc(NCc2nnc(SCc3c(F)cccc3Cl)o2)cc1. The van der Waals surface area contributed by atoms with E-state index in [-0.39, 0.29) is 11.6 Å². The Balaban J connectivity index is 1.56. The maximum absolute atomic E-state index is 13.7. The maximum Gasteiger partial charge on any atom is 0.276 e. The zero-order valence-corrected chi connectivity index (χ0v) is 13.9. The molecule has 2 aromatic carbocycles. The molecule has 0 radical (unpaired) electrons. The minimum Gasteiger partial charge on any atom is -0.414 e. The van der Waals surface area contributed by atoms with Crippen molar-refractivity contribution in [3.63, 3.8) is 0 Å². The van der Waals surface area contributed by atoms with Gasteiger partial charge in [0.15, 0.2) is 0 Å². The molecule has 0 aliphatic rings. The van der Waals surface area contributed by atoms with Gasteiger partial charge in [0.2, 0.25) is 5.89 Å². The lowest BCUT2D eigenvalue weighted by atomic mass is 10.2. The number of anilines is 1. The molecule has 8 heteroatoms. The molecular weight excluding hydrogens is 356 g/mol. The zero-order chi connectivity index (χ0) is 16.9. The first-order valence-electron chi connectivity index (χ1n) is 6.99. The molecule has 0 amide bonds. The summed E-state index contributed by atoms with van der Waals surface area (Å²) in [6.07, 6.45) is 0. The highest BCUT2D eigenvalue weighted by Gasteiger charge is 2.11. The molecule has 3 rings (SSSR count). The smallest absolute Gasteiger partial charge is 0.276 e. The van der Waals surface area contributed by atoms with Gasteiger partial charge in [0.05, 0.1) is 6.54 Å². The quantitative estimate of drug-likeness (QED) is 0.627. The van der Waals surface area contributed by atoms with Gasteiger partial charge < -0.3 is 9.73 Å². The summed E-state index contributed by atoms with van der Waals surface area (Å²) >= 11 is 7.18. The molecule has 0 saturated heterocycles. The topological polar surface area (TPSA) is 51.0 Å². The molecule has 0 atom stereocenters. The largest absolute Gasteiger partial charge is 0.414 e. The second kappa shape index (κ2) is 7.63. The van der Waals surface area contributed by atoms with Crippen molar-refractivity contribution in [2.24, 2.45) is 0 Å². The molecule has 3 aromatic rings. The van der Waals surface area contributed by atoms with Crippen LogP contribution in [0.15, 0.2) is 52.1 Å². The summed E-state index contributed by atoms with van der Waals surface area (Å²) < 4.78 is 32.0. The highest BCUT2D eigenvalue weighted by atomic mass is 35.5. The Morgan fingerprint density at radius 2 is 1.88 bits per heavy atom. The summed E-state index contributed by atoms with van der Waals surface area (Å²) in [5, 5.41) is 11.5. The summed E-state index contributed by atoms with van der Waals surface area (Å²) in [6, 6.07) is 10.5. The predicted octanol–water partition coefficient (Wildman–Crippen LogP) is 4.91. The van der Waals surface area contributed by atoms with Gasteiger partial charge in [-0.05, 0) is 36.4 Å². The summed E-state index contributed by atoms with van der Waals surface area (Å²) in [5.74, 6) is -0.00331. The number of rotatable bonds is 6. The summed E-state index contributed by atoms with van der Waals surface area (Å²) in [7, 11) is 0. The Labute approximate surface area is 146 Å². The van der Waals surface area contributed by atoms with Crippen LogP contribution in [0.25, 0.3) is 0 Å². The number of halogens is 3. The molecular formula is C16H12ClF2N3OS. The van der Waals surface area contributed by atoms with E-state index in [2.05, 4.69) is 15.5 Å². The molecule has 124 valence electrons. The van der Waals surface area contributed by atoms with Gasteiger partial charge in [-0.15, -0.1) is 10.2 Å². The monoisotopic (exact) mass is 367 g/mol. The second-order valence-corrected chi connectivity index (χ2v) is 6.14. The van der Waals surface area contributed by atoms with Gasteiger partial charge in [0.25, 0.3) is 5.22 Å². The normalized spacial score (nSPS) is 10.8. The van der Waals surface area contributed by atoms with E-state index in [0.29, 0.717) is 34.0 Å². The van der Waals surface area contributed by atoms with Crippen LogP contribution in [-0.4, -0.2) is 10.2 Å². The number of hydrogen-bond donors (Lipinski definition) is 1. The summed E-state index contributed by atoms with van der Waals surface area (Å²) in [4.78, 5) is 0. The minimum atomic E-state index is -0.368. The van der Waals surface area contributed by atoms with Gasteiger partial charge in [-0.1, -0.05) is 29.4 Å². The highest BCUT2D eigenvalue weighted by molar-refractivity contribution is 7.98. The Morgan fingerprint density at radius 3 is 2.62 bits per heavy atom. The molecule has 0 spiro atoms. The van der Waals surface area contributed by atoms with Crippen molar-refractivity contribution in [1.82, 2.24) is 10.2 Å². The average Bonchev–Trinajstić information content (AvgIpc) is 3.02. The van der Waals surface area contributed by atoms with Gasteiger partial charge in [0.1, 0.15) is 11.6 Å². The van der Waals surface area contributed by atoms with Crippen molar-refractivity contribution in [2.45, 2.75) is 17.5 Å². The van der Waals surface area contributed by atoms with E-state index >= 15 is 0 Å². The van der Waals surface area contributed by atoms with Crippen LogP contribution in [0.4, 0.5) is 14.5 Å². The molecule has 0 fully saturated rings. The van der Waals surface area contributed by atoms with Crippen molar-refractivity contribution in [2.75, 3.05) is 5.32 Å². The first kappa shape index (κ1) is 16.7. The van der Waals surface area contributed by atoms with Crippen molar-refractivity contribution in [1.29, 1.82) is 0 Å². The van der Waals surface area contributed by atoms with Gasteiger partial charge in [-0.2, -0.15) is 0 Å². The van der Waals surface area contributed by atoms with Gasteiger partial charge >= 0.3 is 0 Å². The number of nitrogens with zero attached hydrogens (tertiary/aromatic N) is 2. The number of thioether (sulfide) groups is 1. The lowest BCUT2D eigenvalue weighted by molar-refractivity contribution is 0.418. The van der Waals surface area contributed by atoms with Crippen LogP contribution in [0.1, 0.15) is 11.5 Å². The van der Waals surface area contributed by atoms with Crippen LogP contribution in [0.3, 0.4) is 0 Å². The second-order valence-electron chi connectivity index (χ2n) is 4.81. The fourth-order valence-corrected chi connectivity index (χ4v) is 3.04. The third kappa shape index (κ3) is 4.24. The van der Waals surface area contributed by atoms with E-state index in [9.17, 15) is 8.78 Å². The van der Waals surface area contributed by atoms with E-state index in [1.807, 2.05) is 0 Å². The van der Waals surface area contributed by atoms with Gasteiger partial charge in [-0.3, -0.25) is 0 Å². The molecule has 0 aliphatic heterocycles. The number of hydrogen-bond acceptors (Lipinski definition) is 5. The molecule has 0 saturated carbocycles. The van der Waals surface area contributed by atoms with Crippen molar-refractivity contribution in [3.05, 3.63) is 70.6 Å². The Hall–Kier alpha value is -2.12. The van der Waals surface area contributed by atoms with Gasteiger partial charge in [-0.25, -0.2) is 8.78 Å². The first-order valence-corrected chi connectivity index (χ1v) is 8.35. The minimum absolute atomic E-state index is 0.290. The Kier molecular flexibility index (Phi) is 5.32. The van der Waals surface area contributed by atoms with Crippen LogP contribution < -0.4 is 5.32 Å². The van der Waals surface area contributed by atoms with Crippen molar-refractivity contribution >= 4 is 29.1 Å². The van der Waals surface area contributed by atoms with Crippen LogP contribution >= 0.6 is 23.4 Å². The molecule has 1 aromatic heterocycles. The molecule has 1 N–H and O–H groups in total. The van der Waals surface area contributed by atoms with Crippen molar-refractivity contribution in [3.8, 4) is 0 Å². The maximum atomic E-state index is 13.7. The molecule has 4 nitrogen and oxygen atoms in total. The van der Waals surface area contributed by atoms with E-state index < -0.39 is 0 Å². The average molecular weight is 368 g/mol. The third-order valence-electron chi connectivity index (χ3n) is 3.14. The van der Waals surface area contributed by atoms with E-state index in [4.69, 9.17) is 16.0 Å². The summed E-state index contributed by atoms with van der Waals surface area (Å²) in [6.45, 7) is 0.305.